The molecular weight excluding hydrogens is 264 g/mol. The van der Waals surface area contributed by atoms with Crippen molar-refractivity contribution < 1.29 is 9.59 Å². The fourth-order valence-corrected chi connectivity index (χ4v) is 5.30. The third-order valence-electron chi connectivity index (χ3n) is 6.51. The molecule has 0 aromatic carbocycles. The third kappa shape index (κ3) is 2.18. The molecule has 4 rings (SSSR count). The fourth-order valence-electron chi connectivity index (χ4n) is 5.30. The second kappa shape index (κ2) is 4.99. The highest BCUT2D eigenvalue weighted by atomic mass is 16.2. The van der Waals surface area contributed by atoms with E-state index in [1.165, 1.54) is 44.9 Å². The molecule has 2 saturated heterocycles. The summed E-state index contributed by atoms with van der Waals surface area (Å²) >= 11 is 0. The molecule has 0 aromatic rings. The molecule has 0 bridgehead atoms. The summed E-state index contributed by atoms with van der Waals surface area (Å²) in [5.74, 6) is 0.254. The molecule has 0 N–H and O–H groups in total. The van der Waals surface area contributed by atoms with Crippen LogP contribution < -0.4 is 0 Å². The van der Waals surface area contributed by atoms with Gasteiger partial charge in [-0.2, -0.15) is 0 Å². The number of fused-ring (bicyclic) bond motifs is 1. The molecule has 2 heterocycles. The maximum Gasteiger partial charge on any atom is 0.312 e. The van der Waals surface area contributed by atoms with Crippen LogP contribution in [-0.4, -0.2) is 47.3 Å². The van der Waals surface area contributed by atoms with E-state index in [2.05, 4.69) is 0 Å². The Morgan fingerprint density at radius 3 is 2.43 bits per heavy atom. The van der Waals surface area contributed by atoms with Crippen molar-refractivity contribution in [2.45, 2.75) is 63.8 Å². The van der Waals surface area contributed by atoms with Crippen LogP contribution in [0.1, 0.15) is 57.8 Å². The van der Waals surface area contributed by atoms with Crippen molar-refractivity contribution in [3.05, 3.63) is 0 Å². The normalized spacial score (nSPS) is 33.9. The van der Waals surface area contributed by atoms with Crippen LogP contribution in [0.25, 0.3) is 0 Å². The van der Waals surface area contributed by atoms with Crippen LogP contribution in [-0.2, 0) is 9.59 Å². The summed E-state index contributed by atoms with van der Waals surface area (Å²) in [6, 6.07) is 0.381. The topological polar surface area (TPSA) is 40.6 Å². The highest BCUT2D eigenvalue weighted by molar-refractivity contribution is 6.35. The fraction of sp³-hybridized carbons (Fsp3) is 0.882. The molecule has 2 aliphatic carbocycles. The van der Waals surface area contributed by atoms with Crippen molar-refractivity contribution in [2.75, 3.05) is 19.6 Å². The van der Waals surface area contributed by atoms with Crippen molar-refractivity contribution in [2.24, 2.45) is 11.3 Å². The molecular formula is C17H26N2O2. The zero-order chi connectivity index (χ0) is 14.4. The Kier molecular flexibility index (Phi) is 3.23. The van der Waals surface area contributed by atoms with E-state index in [0.29, 0.717) is 17.4 Å². The van der Waals surface area contributed by atoms with Crippen LogP contribution in [0.2, 0.25) is 0 Å². The van der Waals surface area contributed by atoms with Gasteiger partial charge in [0.05, 0.1) is 0 Å². The van der Waals surface area contributed by atoms with Crippen LogP contribution in [0.15, 0.2) is 0 Å². The van der Waals surface area contributed by atoms with Gasteiger partial charge in [0.15, 0.2) is 0 Å². The van der Waals surface area contributed by atoms with Gasteiger partial charge in [-0.25, -0.2) is 0 Å². The van der Waals surface area contributed by atoms with Gasteiger partial charge < -0.3 is 9.80 Å². The van der Waals surface area contributed by atoms with Crippen LogP contribution >= 0.6 is 0 Å². The maximum atomic E-state index is 12.6. The molecule has 4 fully saturated rings. The Balaban J connectivity index is 1.41. The van der Waals surface area contributed by atoms with E-state index in [-0.39, 0.29) is 11.8 Å². The lowest BCUT2D eigenvalue weighted by molar-refractivity contribution is -0.160. The Morgan fingerprint density at radius 1 is 0.905 bits per heavy atom. The zero-order valence-corrected chi connectivity index (χ0v) is 12.9. The van der Waals surface area contributed by atoms with Gasteiger partial charge in [-0.05, 0) is 49.9 Å². The Bertz CT molecular complexity index is 456. The van der Waals surface area contributed by atoms with Gasteiger partial charge >= 0.3 is 11.8 Å². The quantitative estimate of drug-likeness (QED) is 0.642. The average Bonchev–Trinajstić information content (AvgIpc) is 3.06. The van der Waals surface area contributed by atoms with E-state index in [1.807, 2.05) is 9.80 Å². The molecule has 2 amide bonds. The summed E-state index contributed by atoms with van der Waals surface area (Å²) in [7, 11) is 0. The summed E-state index contributed by atoms with van der Waals surface area (Å²) in [4.78, 5) is 28.8. The number of likely N-dealkylation sites (tertiary alicyclic amines) is 2. The number of nitrogens with zero attached hydrogens (tertiary/aromatic N) is 2. The summed E-state index contributed by atoms with van der Waals surface area (Å²) in [6.07, 6.45) is 11.0. The molecule has 0 radical (unpaired) electrons. The van der Waals surface area contributed by atoms with Crippen LogP contribution in [0.3, 0.4) is 0 Å². The summed E-state index contributed by atoms with van der Waals surface area (Å²) in [5, 5.41) is 0. The maximum absolute atomic E-state index is 12.6. The van der Waals surface area contributed by atoms with E-state index >= 15 is 0 Å². The van der Waals surface area contributed by atoms with Gasteiger partial charge in [0.1, 0.15) is 0 Å². The van der Waals surface area contributed by atoms with Crippen molar-refractivity contribution in [1.29, 1.82) is 0 Å². The van der Waals surface area contributed by atoms with Gasteiger partial charge in [-0.3, -0.25) is 9.59 Å². The molecule has 1 spiro atoms. The molecule has 0 aromatic heterocycles. The first kappa shape index (κ1) is 13.6. The van der Waals surface area contributed by atoms with E-state index in [1.54, 1.807) is 0 Å². The van der Waals surface area contributed by atoms with E-state index < -0.39 is 0 Å². The molecule has 4 heteroatoms. The minimum atomic E-state index is -0.216. The molecule has 2 unspecified atom stereocenters. The van der Waals surface area contributed by atoms with E-state index in [9.17, 15) is 9.59 Å². The highest BCUT2D eigenvalue weighted by Crippen LogP contribution is 2.45. The van der Waals surface area contributed by atoms with E-state index in [4.69, 9.17) is 0 Å². The molecule has 4 nitrogen and oxygen atoms in total. The van der Waals surface area contributed by atoms with Crippen molar-refractivity contribution in [3.8, 4) is 0 Å². The Hall–Kier alpha value is -1.06. The number of hydrogen-bond donors (Lipinski definition) is 0. The first-order valence-electron chi connectivity index (χ1n) is 8.78. The lowest BCUT2D eigenvalue weighted by Crippen LogP contribution is -2.61. The number of rotatable bonds is 0. The Morgan fingerprint density at radius 2 is 1.67 bits per heavy atom. The monoisotopic (exact) mass is 290 g/mol. The van der Waals surface area contributed by atoms with Gasteiger partial charge in [0.25, 0.3) is 0 Å². The first-order chi connectivity index (χ1) is 10.2. The summed E-state index contributed by atoms with van der Waals surface area (Å²) in [5.41, 5.74) is 0.346. The van der Waals surface area contributed by atoms with Gasteiger partial charge in [-0.15, -0.1) is 0 Å². The summed E-state index contributed by atoms with van der Waals surface area (Å²) < 4.78 is 0. The van der Waals surface area contributed by atoms with Crippen LogP contribution in [0.5, 0.6) is 0 Å². The third-order valence-corrected chi connectivity index (χ3v) is 6.51. The predicted octanol–water partition coefficient (Wildman–Crippen LogP) is 2.18. The predicted molar refractivity (Wildman–Crippen MR) is 79.6 cm³/mol. The molecule has 2 atom stereocenters. The average molecular weight is 290 g/mol. The SMILES string of the molecule is O=C(C(=O)N1CC2CCCC21)N1CCCC2(CCCC2)C1. The summed E-state index contributed by atoms with van der Waals surface area (Å²) in [6.45, 7) is 2.45. The lowest BCUT2D eigenvalue weighted by Gasteiger charge is -2.46. The highest BCUT2D eigenvalue weighted by Gasteiger charge is 2.48. The van der Waals surface area contributed by atoms with Crippen molar-refractivity contribution >= 4 is 11.8 Å². The minimum absolute atomic E-state index is 0.215. The molecule has 116 valence electrons. The van der Waals surface area contributed by atoms with Gasteiger partial charge in [0, 0.05) is 25.7 Å². The minimum Gasteiger partial charge on any atom is -0.334 e. The number of hydrogen-bond acceptors (Lipinski definition) is 2. The number of piperidine rings is 1. The van der Waals surface area contributed by atoms with Crippen LogP contribution in [0, 0.1) is 11.3 Å². The van der Waals surface area contributed by atoms with Gasteiger partial charge in [-0.1, -0.05) is 19.3 Å². The van der Waals surface area contributed by atoms with Crippen molar-refractivity contribution in [1.82, 2.24) is 9.80 Å². The molecule has 2 saturated carbocycles. The first-order valence-corrected chi connectivity index (χ1v) is 8.78. The molecule has 2 aliphatic heterocycles. The standard InChI is InChI=1S/C17H26N2O2/c20-15(16(21)19-11-13-5-3-6-14(13)19)18-10-4-9-17(12-18)7-1-2-8-17/h13-14H,1-12H2. The Labute approximate surface area is 126 Å². The smallest absolute Gasteiger partial charge is 0.312 e. The molecule has 21 heavy (non-hydrogen) atoms. The number of carbonyl (C=O) groups excluding carboxylic acids is 2. The lowest BCUT2D eigenvalue weighted by atomic mass is 9.78. The largest absolute Gasteiger partial charge is 0.334 e. The van der Waals surface area contributed by atoms with Crippen LogP contribution in [0.4, 0.5) is 0 Å². The zero-order valence-electron chi connectivity index (χ0n) is 12.9. The molecule has 4 aliphatic rings. The van der Waals surface area contributed by atoms with E-state index in [0.717, 1.165) is 32.5 Å². The number of amides is 2. The van der Waals surface area contributed by atoms with Crippen molar-refractivity contribution in [3.63, 3.8) is 0 Å². The second-order valence-corrected chi connectivity index (χ2v) is 7.75. The van der Waals surface area contributed by atoms with Gasteiger partial charge in [0.2, 0.25) is 0 Å². The number of carbonyl (C=O) groups is 2. The second-order valence-electron chi connectivity index (χ2n) is 7.75.